The quantitative estimate of drug-likeness (QED) is 0.737. The molecule has 0 spiro atoms. The molecule has 6 nitrogen and oxygen atoms in total. The van der Waals surface area contributed by atoms with E-state index in [1.807, 2.05) is 0 Å². The van der Waals surface area contributed by atoms with Crippen LogP contribution in [-0.4, -0.2) is 25.2 Å². The van der Waals surface area contributed by atoms with Crippen molar-refractivity contribution in [3.63, 3.8) is 0 Å². The molecule has 1 amide bonds. The molecule has 1 aliphatic rings. The van der Waals surface area contributed by atoms with Crippen LogP contribution in [0.3, 0.4) is 0 Å². The molecule has 0 fully saturated rings. The van der Waals surface area contributed by atoms with E-state index >= 15 is 0 Å². The van der Waals surface area contributed by atoms with Gasteiger partial charge in [-0.2, -0.15) is 5.26 Å². The minimum absolute atomic E-state index is 0.148. The van der Waals surface area contributed by atoms with Gasteiger partial charge in [0, 0.05) is 16.5 Å². The number of nitrogens with zero attached hydrogens (tertiary/aromatic N) is 1. The topological polar surface area (TPSA) is 83.4 Å². The minimum Gasteiger partial charge on any atom is -0.497 e. The van der Waals surface area contributed by atoms with Gasteiger partial charge in [-0.05, 0) is 55.1 Å². The number of carbonyl (C=O) groups is 1. The van der Waals surface area contributed by atoms with Crippen molar-refractivity contribution in [1.82, 2.24) is 5.32 Å². The first-order valence-electron chi connectivity index (χ1n) is 8.85. The van der Waals surface area contributed by atoms with Gasteiger partial charge in [0.2, 0.25) is 0 Å². The Kier molecular flexibility index (Phi) is 6.17. The van der Waals surface area contributed by atoms with E-state index in [2.05, 4.69) is 23.6 Å². The SMILES string of the molecule is COc1cc(OC)cc(C(=O)NC(=S)Nc2sc3c(c2C#N)CCC(C)C3)c1. The number of thiophene rings is 1. The molecule has 2 aromatic rings. The fraction of sp³-hybridized carbons (Fsp3) is 0.350. The summed E-state index contributed by atoms with van der Waals surface area (Å²) in [6.45, 7) is 2.22. The van der Waals surface area contributed by atoms with Gasteiger partial charge in [-0.3, -0.25) is 10.1 Å². The fourth-order valence-electron chi connectivity index (χ4n) is 3.21. The number of thiocarbonyl (C=S) groups is 1. The van der Waals surface area contributed by atoms with Gasteiger partial charge in [-0.1, -0.05) is 6.92 Å². The third-order valence-corrected chi connectivity index (χ3v) is 6.07. The standard InChI is InChI=1S/C20H21N3O3S2/c1-11-4-5-15-16(10-21)19(28-17(15)6-11)23-20(27)22-18(24)12-7-13(25-2)9-14(8-12)26-3/h7-9,11H,4-6H2,1-3H3,(H2,22,23,24,27). The maximum absolute atomic E-state index is 12.6. The van der Waals surface area contributed by atoms with Crippen molar-refractivity contribution in [3.05, 3.63) is 39.8 Å². The summed E-state index contributed by atoms with van der Waals surface area (Å²) in [5.74, 6) is 1.24. The number of carbonyl (C=O) groups excluding carboxylic acids is 1. The Morgan fingerprint density at radius 3 is 2.57 bits per heavy atom. The van der Waals surface area contributed by atoms with Crippen LogP contribution in [0.15, 0.2) is 18.2 Å². The number of fused-ring (bicyclic) bond motifs is 1. The van der Waals surface area contributed by atoms with E-state index in [1.165, 1.54) is 19.1 Å². The zero-order chi connectivity index (χ0) is 20.3. The Bertz CT molecular complexity index is 940. The third kappa shape index (κ3) is 4.26. The van der Waals surface area contributed by atoms with Crippen molar-refractivity contribution in [3.8, 4) is 17.6 Å². The number of hydrogen-bond acceptors (Lipinski definition) is 6. The number of rotatable bonds is 4. The van der Waals surface area contributed by atoms with E-state index in [0.717, 1.165) is 24.8 Å². The molecule has 1 aromatic heterocycles. The zero-order valence-corrected chi connectivity index (χ0v) is 17.6. The molecule has 146 valence electrons. The summed E-state index contributed by atoms with van der Waals surface area (Å²) in [5, 5.41) is 16.1. The second kappa shape index (κ2) is 8.59. The Labute approximate surface area is 173 Å². The van der Waals surface area contributed by atoms with Gasteiger partial charge in [-0.25, -0.2) is 0 Å². The van der Waals surface area contributed by atoms with Crippen molar-refractivity contribution < 1.29 is 14.3 Å². The summed E-state index contributed by atoms with van der Waals surface area (Å²) in [6.07, 6.45) is 2.95. The predicted molar refractivity (Wildman–Crippen MR) is 113 cm³/mol. The number of ether oxygens (including phenoxy) is 2. The van der Waals surface area contributed by atoms with Gasteiger partial charge in [0.15, 0.2) is 5.11 Å². The fourth-order valence-corrected chi connectivity index (χ4v) is 4.83. The summed E-state index contributed by atoms with van der Waals surface area (Å²) < 4.78 is 10.4. The molecule has 1 aliphatic carbocycles. The second-order valence-electron chi connectivity index (χ2n) is 6.68. The summed E-state index contributed by atoms with van der Waals surface area (Å²) in [6, 6.07) is 7.17. The number of methoxy groups -OCH3 is 2. The number of anilines is 1. The third-order valence-electron chi connectivity index (χ3n) is 4.69. The van der Waals surface area contributed by atoms with Crippen LogP contribution in [0, 0.1) is 17.2 Å². The van der Waals surface area contributed by atoms with Gasteiger partial charge in [0.05, 0.1) is 19.8 Å². The van der Waals surface area contributed by atoms with E-state index < -0.39 is 0 Å². The van der Waals surface area contributed by atoms with E-state index in [0.29, 0.717) is 33.5 Å². The highest BCUT2D eigenvalue weighted by molar-refractivity contribution is 7.80. The molecule has 0 saturated carbocycles. The van der Waals surface area contributed by atoms with Crippen LogP contribution >= 0.6 is 23.6 Å². The number of nitriles is 1. The highest BCUT2D eigenvalue weighted by Gasteiger charge is 2.24. The van der Waals surface area contributed by atoms with E-state index in [9.17, 15) is 10.1 Å². The molecule has 3 rings (SSSR count). The lowest BCUT2D eigenvalue weighted by molar-refractivity contribution is 0.0977. The monoisotopic (exact) mass is 415 g/mol. The molecule has 0 aliphatic heterocycles. The van der Waals surface area contributed by atoms with Gasteiger partial charge in [0.25, 0.3) is 5.91 Å². The van der Waals surface area contributed by atoms with Crippen LogP contribution in [0.1, 0.15) is 39.7 Å². The molecule has 2 N–H and O–H groups in total. The molecule has 0 saturated heterocycles. The van der Waals surface area contributed by atoms with E-state index in [1.54, 1.807) is 29.5 Å². The van der Waals surface area contributed by atoms with Crippen molar-refractivity contribution in [1.29, 1.82) is 5.26 Å². The first-order valence-corrected chi connectivity index (χ1v) is 10.1. The Morgan fingerprint density at radius 2 is 1.96 bits per heavy atom. The maximum Gasteiger partial charge on any atom is 0.257 e. The molecule has 0 bridgehead atoms. The van der Waals surface area contributed by atoms with Crippen LogP contribution in [0.25, 0.3) is 0 Å². The van der Waals surface area contributed by atoms with Gasteiger partial charge in [-0.15, -0.1) is 11.3 Å². The average molecular weight is 416 g/mol. The smallest absolute Gasteiger partial charge is 0.257 e. The van der Waals surface area contributed by atoms with Crippen molar-refractivity contribution in [2.45, 2.75) is 26.2 Å². The van der Waals surface area contributed by atoms with E-state index in [-0.39, 0.29) is 11.0 Å². The largest absolute Gasteiger partial charge is 0.497 e. The van der Waals surface area contributed by atoms with Gasteiger partial charge >= 0.3 is 0 Å². The van der Waals surface area contributed by atoms with Crippen molar-refractivity contribution >= 4 is 39.6 Å². The summed E-state index contributed by atoms with van der Waals surface area (Å²) in [5.41, 5.74) is 2.10. The lowest BCUT2D eigenvalue weighted by atomic mass is 9.89. The highest BCUT2D eigenvalue weighted by atomic mass is 32.1. The molecule has 1 heterocycles. The molecule has 1 unspecified atom stereocenters. The Balaban J connectivity index is 1.75. The van der Waals surface area contributed by atoms with Crippen molar-refractivity contribution in [2.24, 2.45) is 5.92 Å². The number of benzene rings is 1. The molecule has 1 atom stereocenters. The number of hydrogen-bond donors (Lipinski definition) is 2. The lowest BCUT2D eigenvalue weighted by Crippen LogP contribution is -2.34. The number of amides is 1. The first-order chi connectivity index (χ1) is 13.4. The van der Waals surface area contributed by atoms with Gasteiger partial charge < -0.3 is 14.8 Å². The van der Waals surface area contributed by atoms with Crippen LogP contribution in [0.5, 0.6) is 11.5 Å². The Morgan fingerprint density at radius 1 is 1.29 bits per heavy atom. The summed E-state index contributed by atoms with van der Waals surface area (Å²) >= 11 is 6.84. The molecule has 28 heavy (non-hydrogen) atoms. The van der Waals surface area contributed by atoms with Crippen LogP contribution in [-0.2, 0) is 12.8 Å². The Hall–Kier alpha value is -2.63. The second-order valence-corrected chi connectivity index (χ2v) is 8.19. The lowest BCUT2D eigenvalue weighted by Gasteiger charge is -2.17. The molecular formula is C20H21N3O3S2. The highest BCUT2D eigenvalue weighted by Crippen LogP contribution is 2.39. The molecule has 8 heteroatoms. The summed E-state index contributed by atoms with van der Waals surface area (Å²) in [7, 11) is 3.04. The van der Waals surface area contributed by atoms with Crippen molar-refractivity contribution in [2.75, 3.05) is 19.5 Å². The van der Waals surface area contributed by atoms with Crippen LogP contribution < -0.4 is 20.1 Å². The normalized spacial score (nSPS) is 15.1. The van der Waals surface area contributed by atoms with Crippen LogP contribution in [0.2, 0.25) is 0 Å². The predicted octanol–water partition coefficient (Wildman–Crippen LogP) is 3.89. The molecule has 0 radical (unpaired) electrons. The first kappa shape index (κ1) is 20.1. The number of nitrogens with one attached hydrogen (secondary N) is 2. The van der Waals surface area contributed by atoms with Crippen LogP contribution in [0.4, 0.5) is 5.00 Å². The average Bonchev–Trinajstić information content (AvgIpc) is 3.02. The maximum atomic E-state index is 12.6. The van der Waals surface area contributed by atoms with Gasteiger partial charge in [0.1, 0.15) is 22.6 Å². The molecule has 1 aromatic carbocycles. The van der Waals surface area contributed by atoms with E-state index in [4.69, 9.17) is 21.7 Å². The summed E-state index contributed by atoms with van der Waals surface area (Å²) in [4.78, 5) is 13.8. The molecular weight excluding hydrogens is 394 g/mol. The zero-order valence-electron chi connectivity index (χ0n) is 15.9. The minimum atomic E-state index is -0.386.